The van der Waals surface area contributed by atoms with E-state index in [4.69, 9.17) is 16.6 Å². The summed E-state index contributed by atoms with van der Waals surface area (Å²) < 4.78 is 1.84. The van der Waals surface area contributed by atoms with Crippen LogP contribution in [0.1, 0.15) is 18.9 Å². The van der Waals surface area contributed by atoms with Gasteiger partial charge in [-0.15, -0.1) is 0 Å². The van der Waals surface area contributed by atoms with E-state index >= 15 is 0 Å². The molecule has 0 bridgehead atoms. The van der Waals surface area contributed by atoms with Gasteiger partial charge in [0.1, 0.15) is 5.82 Å². The van der Waals surface area contributed by atoms with Crippen LogP contribution in [-0.4, -0.2) is 21.1 Å². The summed E-state index contributed by atoms with van der Waals surface area (Å²) in [4.78, 5) is 4.71. The highest BCUT2D eigenvalue weighted by atomic mass is 35.5. The number of nitrogens with one attached hydrogen (secondary N) is 1. The van der Waals surface area contributed by atoms with E-state index in [-0.39, 0.29) is 0 Å². The molecule has 5 heteroatoms. The van der Waals surface area contributed by atoms with E-state index in [2.05, 4.69) is 17.3 Å². The second-order valence-electron chi connectivity index (χ2n) is 5.00. The van der Waals surface area contributed by atoms with Gasteiger partial charge in [-0.1, -0.05) is 36.7 Å². The van der Waals surface area contributed by atoms with Crippen LogP contribution in [0.2, 0.25) is 5.02 Å². The molecular formula is C16H17ClN4. The van der Waals surface area contributed by atoms with Crippen LogP contribution in [0, 0.1) is 6.92 Å². The summed E-state index contributed by atoms with van der Waals surface area (Å²) >= 11 is 6.30. The number of hydrogen-bond donors (Lipinski definition) is 1. The maximum atomic E-state index is 6.30. The van der Waals surface area contributed by atoms with Crippen LogP contribution in [0.25, 0.3) is 16.9 Å². The second-order valence-corrected chi connectivity index (χ2v) is 5.40. The molecular weight excluding hydrogens is 284 g/mol. The molecule has 0 aliphatic rings. The zero-order valence-corrected chi connectivity index (χ0v) is 12.9. The first kappa shape index (κ1) is 13.9. The molecule has 0 aliphatic heterocycles. The lowest BCUT2D eigenvalue weighted by atomic mass is 10.1. The molecule has 0 unspecified atom stereocenters. The predicted molar refractivity (Wildman–Crippen MR) is 87.0 cm³/mol. The van der Waals surface area contributed by atoms with Crippen LogP contribution in [0.15, 0.2) is 36.5 Å². The van der Waals surface area contributed by atoms with E-state index in [9.17, 15) is 0 Å². The Bertz CT molecular complexity index is 779. The van der Waals surface area contributed by atoms with Crippen molar-refractivity contribution >= 4 is 23.1 Å². The quantitative estimate of drug-likeness (QED) is 0.786. The van der Waals surface area contributed by atoms with E-state index in [0.29, 0.717) is 5.02 Å². The minimum atomic E-state index is 0.702. The molecule has 0 amide bonds. The van der Waals surface area contributed by atoms with Gasteiger partial charge < -0.3 is 5.32 Å². The summed E-state index contributed by atoms with van der Waals surface area (Å²) in [6.07, 6.45) is 2.88. The molecule has 4 nitrogen and oxygen atoms in total. The molecule has 3 rings (SSSR count). The first-order chi connectivity index (χ1) is 10.2. The Morgan fingerprint density at radius 2 is 2.10 bits per heavy atom. The number of benzene rings is 1. The third-order valence-corrected chi connectivity index (χ3v) is 3.68. The largest absolute Gasteiger partial charge is 0.370 e. The van der Waals surface area contributed by atoms with Crippen LogP contribution in [0.4, 0.5) is 5.82 Å². The molecule has 0 saturated carbocycles. The number of nitrogens with zero attached hydrogens (tertiary/aromatic N) is 3. The van der Waals surface area contributed by atoms with Gasteiger partial charge in [0.05, 0.1) is 11.9 Å². The van der Waals surface area contributed by atoms with E-state index < -0.39 is 0 Å². The van der Waals surface area contributed by atoms with E-state index in [0.717, 1.165) is 41.3 Å². The van der Waals surface area contributed by atoms with Crippen molar-refractivity contribution in [2.45, 2.75) is 20.3 Å². The highest BCUT2D eigenvalue weighted by molar-refractivity contribution is 6.33. The molecule has 0 spiro atoms. The lowest BCUT2D eigenvalue weighted by Crippen LogP contribution is -2.07. The average Bonchev–Trinajstić information content (AvgIpc) is 2.87. The van der Waals surface area contributed by atoms with Crippen molar-refractivity contribution < 1.29 is 0 Å². The van der Waals surface area contributed by atoms with Gasteiger partial charge >= 0.3 is 0 Å². The minimum Gasteiger partial charge on any atom is -0.370 e. The Morgan fingerprint density at radius 1 is 1.29 bits per heavy atom. The molecule has 0 radical (unpaired) electrons. The zero-order valence-electron chi connectivity index (χ0n) is 12.1. The number of anilines is 1. The fourth-order valence-electron chi connectivity index (χ4n) is 2.26. The normalized spacial score (nSPS) is 11.0. The third-order valence-electron chi connectivity index (χ3n) is 3.35. The van der Waals surface area contributed by atoms with Crippen molar-refractivity contribution in [2.75, 3.05) is 11.9 Å². The maximum Gasteiger partial charge on any atom is 0.160 e. The molecule has 0 atom stereocenters. The van der Waals surface area contributed by atoms with E-state index in [1.54, 1.807) is 0 Å². The second kappa shape index (κ2) is 5.74. The van der Waals surface area contributed by atoms with Crippen molar-refractivity contribution in [3.05, 3.63) is 47.1 Å². The van der Waals surface area contributed by atoms with Crippen LogP contribution in [0.5, 0.6) is 0 Å². The monoisotopic (exact) mass is 300 g/mol. The van der Waals surface area contributed by atoms with Gasteiger partial charge in [0.15, 0.2) is 5.65 Å². The van der Waals surface area contributed by atoms with Gasteiger partial charge in [-0.25, -0.2) is 4.98 Å². The van der Waals surface area contributed by atoms with Gasteiger partial charge in [0.25, 0.3) is 0 Å². The Hall–Kier alpha value is -2.07. The molecule has 0 aliphatic carbocycles. The fourth-order valence-corrected chi connectivity index (χ4v) is 2.49. The van der Waals surface area contributed by atoms with E-state index in [1.165, 1.54) is 0 Å². The molecule has 1 N–H and O–H groups in total. The summed E-state index contributed by atoms with van der Waals surface area (Å²) in [5.74, 6) is 0.935. The van der Waals surface area contributed by atoms with Crippen LogP contribution >= 0.6 is 11.6 Å². The predicted octanol–water partition coefficient (Wildman–Crippen LogP) is 4.18. The SMILES string of the molecule is CCCNc1cc(-c2ccccc2Cl)nc2c(C)cnn12. The number of rotatable bonds is 4. The van der Waals surface area contributed by atoms with Crippen molar-refractivity contribution in [3.8, 4) is 11.3 Å². The summed E-state index contributed by atoms with van der Waals surface area (Å²) in [6.45, 7) is 5.03. The number of halogens is 1. The highest BCUT2D eigenvalue weighted by Gasteiger charge is 2.12. The summed E-state index contributed by atoms with van der Waals surface area (Å²) in [6, 6.07) is 9.75. The molecule has 3 aromatic rings. The van der Waals surface area contributed by atoms with Crippen molar-refractivity contribution in [1.29, 1.82) is 0 Å². The average molecular weight is 301 g/mol. The molecule has 1 aromatic carbocycles. The maximum absolute atomic E-state index is 6.30. The summed E-state index contributed by atoms with van der Waals surface area (Å²) in [5.41, 5.74) is 3.69. The topological polar surface area (TPSA) is 42.2 Å². The van der Waals surface area contributed by atoms with Gasteiger partial charge in [0, 0.05) is 28.8 Å². The molecule has 0 saturated heterocycles. The van der Waals surface area contributed by atoms with Crippen LogP contribution in [-0.2, 0) is 0 Å². The third kappa shape index (κ3) is 2.59. The first-order valence-electron chi connectivity index (χ1n) is 7.05. The number of fused-ring (bicyclic) bond motifs is 1. The number of hydrogen-bond acceptors (Lipinski definition) is 3. The smallest absolute Gasteiger partial charge is 0.160 e. The molecule has 2 aromatic heterocycles. The molecule has 2 heterocycles. The van der Waals surface area contributed by atoms with Gasteiger partial charge in [-0.2, -0.15) is 9.61 Å². The number of aromatic nitrogens is 3. The lowest BCUT2D eigenvalue weighted by Gasteiger charge is -2.11. The van der Waals surface area contributed by atoms with Crippen LogP contribution < -0.4 is 5.32 Å². The molecule has 0 fully saturated rings. The number of aryl methyl sites for hydroxylation is 1. The van der Waals surface area contributed by atoms with E-state index in [1.807, 2.05) is 48.0 Å². The fraction of sp³-hybridized carbons (Fsp3) is 0.250. The van der Waals surface area contributed by atoms with Gasteiger partial charge in [-0.3, -0.25) is 0 Å². The van der Waals surface area contributed by atoms with Gasteiger partial charge in [0.2, 0.25) is 0 Å². The van der Waals surface area contributed by atoms with Crippen LogP contribution in [0.3, 0.4) is 0 Å². The Labute approximate surface area is 128 Å². The van der Waals surface area contributed by atoms with Crippen molar-refractivity contribution in [2.24, 2.45) is 0 Å². The Morgan fingerprint density at radius 3 is 2.86 bits per heavy atom. The Balaban J connectivity index is 2.19. The zero-order chi connectivity index (χ0) is 14.8. The molecule has 108 valence electrons. The lowest BCUT2D eigenvalue weighted by molar-refractivity contribution is 0.904. The first-order valence-corrected chi connectivity index (χ1v) is 7.42. The summed E-state index contributed by atoms with van der Waals surface area (Å²) in [5, 5.41) is 8.49. The summed E-state index contributed by atoms with van der Waals surface area (Å²) in [7, 11) is 0. The van der Waals surface area contributed by atoms with Crippen molar-refractivity contribution in [1.82, 2.24) is 14.6 Å². The molecule has 21 heavy (non-hydrogen) atoms. The Kier molecular flexibility index (Phi) is 3.80. The highest BCUT2D eigenvalue weighted by Crippen LogP contribution is 2.29. The standard InChI is InChI=1S/C16H17ClN4/c1-3-8-18-15-9-14(12-6-4-5-7-13(12)17)20-16-11(2)10-19-21(15)16/h4-7,9-10,18H,3,8H2,1-2H3. The van der Waals surface area contributed by atoms with Crippen molar-refractivity contribution in [3.63, 3.8) is 0 Å². The van der Waals surface area contributed by atoms with Gasteiger partial charge in [-0.05, 0) is 19.4 Å². The minimum absolute atomic E-state index is 0.702.